The molecule has 1 aliphatic rings. The zero-order chi connectivity index (χ0) is 10.2. The number of nitrogens with zero attached hydrogens (tertiary/aromatic N) is 1. The van der Waals surface area contributed by atoms with Crippen LogP contribution < -0.4 is 5.32 Å². The summed E-state index contributed by atoms with van der Waals surface area (Å²) in [6.45, 7) is 6.66. The Morgan fingerprint density at radius 1 is 1.50 bits per heavy atom. The maximum Gasteiger partial charge on any atom is 0.156 e. The second kappa shape index (κ2) is 7.16. The molecule has 0 amide bonds. The van der Waals surface area contributed by atoms with Gasteiger partial charge >= 0.3 is 0 Å². The summed E-state index contributed by atoms with van der Waals surface area (Å²) in [7, 11) is 0. The zero-order valence-electron chi connectivity index (χ0n) is 9.38. The molecule has 3 heteroatoms. The van der Waals surface area contributed by atoms with Crippen molar-refractivity contribution in [3.63, 3.8) is 0 Å². The van der Waals surface area contributed by atoms with Crippen molar-refractivity contribution in [3.05, 3.63) is 0 Å². The molecule has 0 saturated heterocycles. The SMILES string of the molecule is CCCC[C@@H](CC)CNC1=NCCS1. The van der Waals surface area contributed by atoms with Gasteiger partial charge in [0.2, 0.25) is 0 Å². The summed E-state index contributed by atoms with van der Waals surface area (Å²) in [6, 6.07) is 0. The molecule has 0 fully saturated rings. The van der Waals surface area contributed by atoms with Crippen molar-refractivity contribution in [1.82, 2.24) is 5.32 Å². The lowest BCUT2D eigenvalue weighted by molar-refractivity contribution is 0.447. The van der Waals surface area contributed by atoms with E-state index in [9.17, 15) is 0 Å². The highest BCUT2D eigenvalue weighted by molar-refractivity contribution is 8.14. The van der Waals surface area contributed by atoms with Crippen molar-refractivity contribution >= 4 is 16.9 Å². The fourth-order valence-electron chi connectivity index (χ4n) is 1.62. The predicted octanol–water partition coefficient (Wildman–Crippen LogP) is 2.90. The third-order valence-corrected chi connectivity index (χ3v) is 3.60. The van der Waals surface area contributed by atoms with E-state index in [1.165, 1.54) is 30.9 Å². The van der Waals surface area contributed by atoms with Gasteiger partial charge in [0.25, 0.3) is 0 Å². The summed E-state index contributed by atoms with van der Waals surface area (Å²) in [4.78, 5) is 4.39. The van der Waals surface area contributed by atoms with E-state index in [4.69, 9.17) is 0 Å². The van der Waals surface area contributed by atoms with Gasteiger partial charge in [-0.2, -0.15) is 0 Å². The fraction of sp³-hybridized carbons (Fsp3) is 0.909. The van der Waals surface area contributed by atoms with Gasteiger partial charge in [-0.1, -0.05) is 44.9 Å². The van der Waals surface area contributed by atoms with Crippen LogP contribution >= 0.6 is 11.8 Å². The zero-order valence-corrected chi connectivity index (χ0v) is 10.2. The normalized spacial score (nSPS) is 18.0. The van der Waals surface area contributed by atoms with E-state index in [2.05, 4.69) is 24.2 Å². The number of hydrogen-bond acceptors (Lipinski definition) is 3. The first-order valence-electron chi connectivity index (χ1n) is 5.78. The topological polar surface area (TPSA) is 24.4 Å². The van der Waals surface area contributed by atoms with Gasteiger partial charge in [-0.3, -0.25) is 4.99 Å². The Bertz CT molecular complexity index is 180. The molecular formula is C11H22N2S. The molecule has 0 aromatic carbocycles. The van der Waals surface area contributed by atoms with Gasteiger partial charge in [0.05, 0.1) is 6.54 Å². The van der Waals surface area contributed by atoms with Crippen LogP contribution in [-0.4, -0.2) is 24.0 Å². The highest BCUT2D eigenvalue weighted by atomic mass is 32.2. The van der Waals surface area contributed by atoms with E-state index < -0.39 is 0 Å². The van der Waals surface area contributed by atoms with Crippen molar-refractivity contribution in [2.75, 3.05) is 18.8 Å². The minimum atomic E-state index is 0.832. The van der Waals surface area contributed by atoms with Crippen LogP contribution in [0.5, 0.6) is 0 Å². The molecule has 1 N–H and O–H groups in total. The Balaban J connectivity index is 2.12. The number of thioether (sulfide) groups is 1. The lowest BCUT2D eigenvalue weighted by Crippen LogP contribution is -2.26. The molecule has 0 aliphatic carbocycles. The summed E-state index contributed by atoms with van der Waals surface area (Å²) >= 11 is 1.86. The Kier molecular flexibility index (Phi) is 6.08. The third kappa shape index (κ3) is 4.36. The van der Waals surface area contributed by atoms with Crippen molar-refractivity contribution in [1.29, 1.82) is 0 Å². The van der Waals surface area contributed by atoms with Gasteiger partial charge < -0.3 is 5.32 Å². The van der Waals surface area contributed by atoms with Crippen molar-refractivity contribution in [2.45, 2.75) is 39.5 Å². The standard InChI is InChI=1S/C11H22N2S/c1-3-5-6-10(4-2)9-13-11-12-7-8-14-11/h10H,3-9H2,1-2H3,(H,12,13)/t10-/m1/s1. The van der Waals surface area contributed by atoms with Crippen LogP contribution in [-0.2, 0) is 0 Å². The lowest BCUT2D eigenvalue weighted by Gasteiger charge is -2.15. The smallest absolute Gasteiger partial charge is 0.156 e. The van der Waals surface area contributed by atoms with Crippen molar-refractivity contribution in [3.8, 4) is 0 Å². The maximum absolute atomic E-state index is 4.39. The van der Waals surface area contributed by atoms with Gasteiger partial charge in [-0.25, -0.2) is 0 Å². The largest absolute Gasteiger partial charge is 0.365 e. The van der Waals surface area contributed by atoms with E-state index in [0.29, 0.717) is 0 Å². The molecule has 2 nitrogen and oxygen atoms in total. The first-order chi connectivity index (χ1) is 6.86. The molecule has 0 aromatic rings. The number of unbranched alkanes of at least 4 members (excludes halogenated alkanes) is 1. The molecule has 0 radical (unpaired) electrons. The number of nitrogens with one attached hydrogen (secondary N) is 1. The second-order valence-corrected chi connectivity index (χ2v) is 4.92. The molecule has 1 atom stereocenters. The summed E-state index contributed by atoms with van der Waals surface area (Å²) in [5.41, 5.74) is 0. The van der Waals surface area contributed by atoms with E-state index in [-0.39, 0.29) is 0 Å². The van der Waals surface area contributed by atoms with E-state index in [0.717, 1.165) is 24.8 Å². The van der Waals surface area contributed by atoms with Crippen LogP contribution in [0.15, 0.2) is 4.99 Å². The number of rotatable bonds is 6. The van der Waals surface area contributed by atoms with Crippen LogP contribution in [0.3, 0.4) is 0 Å². The molecule has 0 spiro atoms. The van der Waals surface area contributed by atoms with Crippen LogP contribution in [0.2, 0.25) is 0 Å². The summed E-state index contributed by atoms with van der Waals surface area (Å²) in [5, 5.41) is 4.62. The fourth-order valence-corrected chi connectivity index (χ4v) is 2.36. The Morgan fingerprint density at radius 2 is 2.36 bits per heavy atom. The molecule has 0 bridgehead atoms. The van der Waals surface area contributed by atoms with Crippen LogP contribution in [0, 0.1) is 5.92 Å². The first kappa shape index (κ1) is 11.9. The summed E-state index contributed by atoms with van der Waals surface area (Å²) < 4.78 is 0. The lowest BCUT2D eigenvalue weighted by atomic mass is 10.00. The van der Waals surface area contributed by atoms with Gasteiger partial charge in [0.15, 0.2) is 5.17 Å². The number of hydrogen-bond donors (Lipinski definition) is 1. The number of aliphatic imine (C=N–C) groups is 1. The minimum absolute atomic E-state index is 0.832. The van der Waals surface area contributed by atoms with Gasteiger partial charge in [0, 0.05) is 12.3 Å². The van der Waals surface area contributed by atoms with E-state index >= 15 is 0 Å². The predicted molar refractivity (Wildman–Crippen MR) is 66.1 cm³/mol. The molecule has 0 aromatic heterocycles. The molecule has 82 valence electrons. The third-order valence-electron chi connectivity index (χ3n) is 2.67. The van der Waals surface area contributed by atoms with Gasteiger partial charge in [0.1, 0.15) is 0 Å². The Morgan fingerprint density at radius 3 is 2.93 bits per heavy atom. The maximum atomic E-state index is 4.39. The summed E-state index contributed by atoms with van der Waals surface area (Å²) in [5.74, 6) is 1.99. The number of amidine groups is 1. The second-order valence-electron chi connectivity index (χ2n) is 3.83. The van der Waals surface area contributed by atoms with Crippen LogP contribution in [0.1, 0.15) is 39.5 Å². The van der Waals surface area contributed by atoms with E-state index in [1.807, 2.05) is 11.8 Å². The Hall–Kier alpha value is -0.180. The first-order valence-corrected chi connectivity index (χ1v) is 6.76. The highest BCUT2D eigenvalue weighted by Gasteiger charge is 2.09. The molecule has 0 saturated carbocycles. The molecule has 14 heavy (non-hydrogen) atoms. The average Bonchev–Trinajstić information content (AvgIpc) is 2.71. The molecule has 1 heterocycles. The van der Waals surface area contributed by atoms with Crippen LogP contribution in [0.25, 0.3) is 0 Å². The molecule has 1 aliphatic heterocycles. The highest BCUT2D eigenvalue weighted by Crippen LogP contribution is 2.13. The molecule has 1 rings (SSSR count). The average molecular weight is 214 g/mol. The summed E-state index contributed by atoms with van der Waals surface area (Å²) in [6.07, 6.45) is 5.31. The van der Waals surface area contributed by atoms with Crippen LogP contribution in [0.4, 0.5) is 0 Å². The van der Waals surface area contributed by atoms with Crippen molar-refractivity contribution < 1.29 is 0 Å². The van der Waals surface area contributed by atoms with Gasteiger partial charge in [-0.05, 0) is 12.3 Å². The van der Waals surface area contributed by atoms with Gasteiger partial charge in [-0.15, -0.1) is 0 Å². The van der Waals surface area contributed by atoms with E-state index in [1.54, 1.807) is 0 Å². The monoisotopic (exact) mass is 214 g/mol. The molecule has 0 unspecified atom stereocenters. The molecular weight excluding hydrogens is 192 g/mol. The quantitative estimate of drug-likeness (QED) is 0.735. The van der Waals surface area contributed by atoms with Crippen molar-refractivity contribution in [2.24, 2.45) is 10.9 Å². The minimum Gasteiger partial charge on any atom is -0.365 e. The Labute approximate surface area is 92.0 Å².